The summed E-state index contributed by atoms with van der Waals surface area (Å²) in [6, 6.07) is 6.54. The van der Waals surface area contributed by atoms with Crippen LogP contribution in [0, 0.1) is 0 Å². The number of fused-ring (bicyclic) bond motifs is 1. The quantitative estimate of drug-likeness (QED) is 0.843. The molecular formula is C13H13ClO6. The first-order valence-electron chi connectivity index (χ1n) is 5.66. The van der Waals surface area contributed by atoms with Crippen LogP contribution in [0.2, 0.25) is 0 Å². The maximum absolute atomic E-state index is 10.9. The number of carboxylic acids is 2. The van der Waals surface area contributed by atoms with Crippen molar-refractivity contribution >= 4 is 34.5 Å². The first-order chi connectivity index (χ1) is 9.51. The smallest absolute Gasteiger partial charge is 0.375 e. The number of carboxylic acid groups (broad SMARTS) is 2. The molecule has 0 bridgehead atoms. The molecule has 0 saturated carbocycles. The number of furan rings is 1. The van der Waals surface area contributed by atoms with Crippen LogP contribution in [0.3, 0.4) is 0 Å². The summed E-state index contributed by atoms with van der Waals surface area (Å²) in [7, 11) is 0. The summed E-state index contributed by atoms with van der Waals surface area (Å²) in [6.07, 6.45) is 0. The monoisotopic (exact) mass is 300 g/mol. The van der Waals surface area contributed by atoms with Crippen LogP contribution in [-0.2, 0) is 4.79 Å². The van der Waals surface area contributed by atoms with Gasteiger partial charge in [-0.3, -0.25) is 0 Å². The van der Waals surface area contributed by atoms with Crippen LogP contribution in [0.4, 0.5) is 0 Å². The van der Waals surface area contributed by atoms with Gasteiger partial charge < -0.3 is 19.4 Å². The van der Waals surface area contributed by atoms with E-state index >= 15 is 0 Å². The molecule has 2 rings (SSSR count). The second-order valence-corrected chi connectivity index (χ2v) is 4.05. The minimum atomic E-state index is -1.30. The lowest BCUT2D eigenvalue weighted by atomic mass is 10.2. The summed E-state index contributed by atoms with van der Waals surface area (Å²) < 4.78 is 10.0. The number of ether oxygens (including phenoxy) is 1. The summed E-state index contributed by atoms with van der Waals surface area (Å²) >= 11 is 5.00. The Morgan fingerprint density at radius 1 is 1.30 bits per heavy atom. The number of alkyl halides is 1. The lowest BCUT2D eigenvalue weighted by Crippen LogP contribution is -2.11. The Hall–Kier alpha value is -2.21. The molecule has 0 aliphatic rings. The van der Waals surface area contributed by atoms with Crippen molar-refractivity contribution in [2.45, 2.75) is 6.92 Å². The lowest BCUT2D eigenvalue weighted by molar-refractivity contribution is -0.139. The Bertz CT molecular complexity index is 604. The zero-order chi connectivity index (χ0) is 15.1. The van der Waals surface area contributed by atoms with Crippen LogP contribution in [0.15, 0.2) is 28.7 Å². The number of rotatable bonds is 4. The topological polar surface area (TPSA) is 97.0 Å². The van der Waals surface area contributed by atoms with Crippen LogP contribution < -0.4 is 4.74 Å². The molecule has 0 aliphatic carbocycles. The fraction of sp³-hybridized carbons (Fsp3) is 0.231. The first-order valence-corrected chi connectivity index (χ1v) is 6.20. The van der Waals surface area contributed by atoms with Crippen molar-refractivity contribution in [2.75, 3.05) is 12.5 Å². The predicted octanol–water partition coefficient (Wildman–Crippen LogP) is 2.84. The highest BCUT2D eigenvalue weighted by Crippen LogP contribution is 2.32. The molecule has 0 atom stereocenters. The third kappa shape index (κ3) is 3.89. The SMILES string of the molecule is CCCl.O=C(O)COc1c(C(=O)O)oc2ccccc12. The van der Waals surface area contributed by atoms with E-state index in [-0.39, 0.29) is 5.75 Å². The van der Waals surface area contributed by atoms with Crippen molar-refractivity contribution in [3.63, 3.8) is 0 Å². The van der Waals surface area contributed by atoms with Crippen molar-refractivity contribution in [3.05, 3.63) is 30.0 Å². The van der Waals surface area contributed by atoms with Gasteiger partial charge in [-0.1, -0.05) is 19.1 Å². The molecule has 0 unspecified atom stereocenters. The molecule has 1 heterocycles. The molecule has 0 amide bonds. The summed E-state index contributed by atoms with van der Waals surface area (Å²) in [5.41, 5.74) is 0.338. The molecule has 2 N–H and O–H groups in total. The van der Waals surface area contributed by atoms with Gasteiger partial charge in [0.15, 0.2) is 12.4 Å². The summed E-state index contributed by atoms with van der Waals surface area (Å²) in [6.45, 7) is 1.27. The maximum atomic E-state index is 10.9. The zero-order valence-corrected chi connectivity index (χ0v) is 11.4. The van der Waals surface area contributed by atoms with Crippen LogP contribution >= 0.6 is 11.6 Å². The van der Waals surface area contributed by atoms with Crippen LogP contribution in [0.5, 0.6) is 5.75 Å². The molecule has 1 aromatic heterocycles. The number of hydrogen-bond donors (Lipinski definition) is 2. The van der Waals surface area contributed by atoms with Crippen molar-refractivity contribution in [2.24, 2.45) is 0 Å². The Labute approximate surface area is 119 Å². The largest absolute Gasteiger partial charge is 0.479 e. The molecule has 6 nitrogen and oxygen atoms in total. The molecule has 20 heavy (non-hydrogen) atoms. The first kappa shape index (κ1) is 15.8. The molecule has 0 fully saturated rings. The molecule has 0 spiro atoms. The van der Waals surface area contributed by atoms with E-state index in [1.165, 1.54) is 0 Å². The summed E-state index contributed by atoms with van der Waals surface area (Å²) in [4.78, 5) is 21.3. The number of aromatic carboxylic acids is 1. The Balaban J connectivity index is 0.000000612. The third-order valence-electron chi connectivity index (χ3n) is 2.08. The number of para-hydroxylation sites is 1. The van der Waals surface area contributed by atoms with Crippen molar-refractivity contribution in [3.8, 4) is 5.75 Å². The second kappa shape index (κ2) is 7.40. The highest BCUT2D eigenvalue weighted by atomic mass is 35.5. The van der Waals surface area contributed by atoms with Gasteiger partial charge in [-0.05, 0) is 12.1 Å². The van der Waals surface area contributed by atoms with E-state index in [9.17, 15) is 9.59 Å². The van der Waals surface area contributed by atoms with Gasteiger partial charge in [0.1, 0.15) is 5.58 Å². The molecule has 2 aromatic rings. The number of aliphatic carboxylic acids is 1. The minimum Gasteiger partial charge on any atom is -0.479 e. The van der Waals surface area contributed by atoms with E-state index in [1.54, 1.807) is 24.3 Å². The average Bonchev–Trinajstić information content (AvgIpc) is 2.76. The van der Waals surface area contributed by atoms with Crippen LogP contribution in [-0.4, -0.2) is 34.6 Å². The maximum Gasteiger partial charge on any atom is 0.375 e. The zero-order valence-electron chi connectivity index (χ0n) is 10.6. The van der Waals surface area contributed by atoms with Gasteiger partial charge in [-0.15, -0.1) is 11.6 Å². The Kier molecular flexibility index (Phi) is 5.86. The highest BCUT2D eigenvalue weighted by molar-refractivity contribution is 6.17. The molecule has 0 saturated heterocycles. The number of halogens is 1. The van der Waals surface area contributed by atoms with Gasteiger partial charge >= 0.3 is 11.9 Å². The third-order valence-corrected chi connectivity index (χ3v) is 2.08. The van der Waals surface area contributed by atoms with Crippen molar-refractivity contribution in [1.82, 2.24) is 0 Å². The molecule has 1 aromatic carbocycles. The van der Waals surface area contributed by atoms with Gasteiger partial charge in [-0.25, -0.2) is 9.59 Å². The van der Waals surface area contributed by atoms with E-state index in [1.807, 2.05) is 6.92 Å². The van der Waals surface area contributed by atoms with E-state index in [2.05, 4.69) is 0 Å². The number of benzene rings is 1. The van der Waals surface area contributed by atoms with Gasteiger partial charge in [0.2, 0.25) is 0 Å². The summed E-state index contributed by atoms with van der Waals surface area (Å²) in [5, 5.41) is 17.9. The molecular weight excluding hydrogens is 288 g/mol. The fourth-order valence-corrected chi connectivity index (χ4v) is 1.44. The highest BCUT2D eigenvalue weighted by Gasteiger charge is 2.21. The second-order valence-electron chi connectivity index (χ2n) is 3.51. The van der Waals surface area contributed by atoms with Gasteiger partial charge in [0.25, 0.3) is 5.76 Å². The van der Waals surface area contributed by atoms with Crippen LogP contribution in [0.1, 0.15) is 17.5 Å². The minimum absolute atomic E-state index is 0.0597. The number of carbonyl (C=O) groups is 2. The molecule has 0 aliphatic heterocycles. The van der Waals surface area contributed by atoms with Gasteiger partial charge in [-0.2, -0.15) is 0 Å². The van der Waals surface area contributed by atoms with E-state index in [4.69, 9.17) is 31.0 Å². The fourth-order valence-electron chi connectivity index (χ4n) is 1.44. The van der Waals surface area contributed by atoms with Crippen LogP contribution in [0.25, 0.3) is 11.0 Å². The molecule has 108 valence electrons. The van der Waals surface area contributed by atoms with Crippen molar-refractivity contribution < 1.29 is 29.0 Å². The summed E-state index contributed by atoms with van der Waals surface area (Å²) in [5.74, 6) is -2.23. The van der Waals surface area contributed by atoms with Gasteiger partial charge in [0, 0.05) is 5.88 Å². The molecule has 0 radical (unpaired) electrons. The lowest BCUT2D eigenvalue weighted by Gasteiger charge is -2.01. The molecule has 7 heteroatoms. The predicted molar refractivity (Wildman–Crippen MR) is 72.7 cm³/mol. The standard InChI is InChI=1S/C11H8O6.C2H5Cl/c12-8(13)5-16-9-6-3-1-2-4-7(6)17-10(9)11(14)15;1-2-3/h1-4H,5H2,(H,12,13)(H,14,15);2H2,1H3. The number of hydrogen-bond acceptors (Lipinski definition) is 4. The van der Waals surface area contributed by atoms with Crippen molar-refractivity contribution in [1.29, 1.82) is 0 Å². The Morgan fingerprint density at radius 3 is 2.45 bits per heavy atom. The Morgan fingerprint density at radius 2 is 1.90 bits per heavy atom. The normalized spacial score (nSPS) is 9.70. The average molecular weight is 301 g/mol. The van der Waals surface area contributed by atoms with E-state index in [0.29, 0.717) is 11.0 Å². The van der Waals surface area contributed by atoms with E-state index < -0.39 is 24.3 Å². The van der Waals surface area contributed by atoms with E-state index in [0.717, 1.165) is 5.88 Å². The van der Waals surface area contributed by atoms with Gasteiger partial charge in [0.05, 0.1) is 5.39 Å².